The molecule has 1 aromatic carbocycles. The SMILES string of the molecule is C=CCNS(=O)(=O)c1cccc(C(=O)NCC2(N(C)C)CCCCCC2)c1. The first-order valence-corrected chi connectivity index (χ1v) is 11.0. The molecule has 0 saturated heterocycles. The van der Waals surface area contributed by atoms with E-state index >= 15 is 0 Å². The zero-order chi connectivity index (χ0) is 19.9. The minimum atomic E-state index is -3.65. The third-order valence-electron chi connectivity index (χ3n) is 5.39. The van der Waals surface area contributed by atoms with Gasteiger partial charge in [0, 0.05) is 24.2 Å². The number of nitrogens with zero attached hydrogens (tertiary/aromatic N) is 1. The van der Waals surface area contributed by atoms with Gasteiger partial charge >= 0.3 is 0 Å². The van der Waals surface area contributed by atoms with E-state index in [9.17, 15) is 13.2 Å². The van der Waals surface area contributed by atoms with E-state index in [1.165, 1.54) is 31.1 Å². The normalized spacial score (nSPS) is 17.3. The largest absolute Gasteiger partial charge is 0.350 e. The Balaban J connectivity index is 2.11. The fourth-order valence-electron chi connectivity index (χ4n) is 3.57. The third kappa shape index (κ3) is 5.64. The number of nitrogens with one attached hydrogen (secondary N) is 2. The number of likely N-dealkylation sites (N-methyl/N-ethyl adjacent to an activating group) is 1. The molecule has 2 N–H and O–H groups in total. The van der Waals surface area contributed by atoms with Crippen LogP contribution in [0.1, 0.15) is 48.9 Å². The van der Waals surface area contributed by atoms with Crippen molar-refractivity contribution in [2.45, 2.75) is 49.0 Å². The summed E-state index contributed by atoms with van der Waals surface area (Å²) in [5, 5.41) is 3.03. The van der Waals surface area contributed by atoms with Gasteiger partial charge in [-0.15, -0.1) is 6.58 Å². The van der Waals surface area contributed by atoms with Crippen LogP contribution in [-0.2, 0) is 10.0 Å². The number of rotatable bonds is 8. The lowest BCUT2D eigenvalue weighted by Crippen LogP contribution is -2.52. The average Bonchev–Trinajstić information content (AvgIpc) is 2.91. The minimum Gasteiger partial charge on any atom is -0.350 e. The van der Waals surface area contributed by atoms with Gasteiger partial charge in [-0.1, -0.05) is 37.8 Å². The van der Waals surface area contributed by atoms with E-state index in [0.717, 1.165) is 25.7 Å². The molecule has 7 heteroatoms. The minimum absolute atomic E-state index is 0.0403. The predicted octanol–water partition coefficient (Wildman–Crippen LogP) is 2.54. The molecule has 1 aliphatic rings. The van der Waals surface area contributed by atoms with E-state index in [1.807, 2.05) is 0 Å². The topological polar surface area (TPSA) is 78.5 Å². The molecule has 1 amide bonds. The van der Waals surface area contributed by atoms with Gasteiger partial charge in [-0.05, 0) is 45.1 Å². The Morgan fingerprint density at radius 3 is 2.48 bits per heavy atom. The molecule has 1 saturated carbocycles. The number of sulfonamides is 1. The monoisotopic (exact) mass is 393 g/mol. The van der Waals surface area contributed by atoms with Gasteiger partial charge in [-0.25, -0.2) is 13.1 Å². The van der Waals surface area contributed by atoms with E-state index in [4.69, 9.17) is 0 Å². The molecule has 150 valence electrons. The molecule has 1 aromatic rings. The fourth-order valence-corrected chi connectivity index (χ4v) is 4.62. The van der Waals surface area contributed by atoms with Gasteiger partial charge in [0.05, 0.1) is 4.90 Å². The first-order chi connectivity index (χ1) is 12.8. The van der Waals surface area contributed by atoms with E-state index in [-0.39, 0.29) is 22.9 Å². The van der Waals surface area contributed by atoms with Gasteiger partial charge in [0.2, 0.25) is 10.0 Å². The first kappa shape index (κ1) is 21.6. The van der Waals surface area contributed by atoms with Crippen LogP contribution in [0, 0.1) is 0 Å². The highest BCUT2D eigenvalue weighted by Crippen LogP contribution is 2.30. The van der Waals surface area contributed by atoms with Crippen LogP contribution >= 0.6 is 0 Å². The molecule has 0 radical (unpaired) electrons. The van der Waals surface area contributed by atoms with Gasteiger partial charge in [-0.3, -0.25) is 4.79 Å². The van der Waals surface area contributed by atoms with Crippen LogP contribution in [0.3, 0.4) is 0 Å². The van der Waals surface area contributed by atoms with Crippen LogP contribution in [0.2, 0.25) is 0 Å². The van der Waals surface area contributed by atoms with E-state index in [0.29, 0.717) is 12.1 Å². The summed E-state index contributed by atoms with van der Waals surface area (Å²) in [4.78, 5) is 15.0. The van der Waals surface area contributed by atoms with Crippen LogP contribution in [0.4, 0.5) is 0 Å². The van der Waals surface area contributed by atoms with Crippen molar-refractivity contribution in [3.05, 3.63) is 42.5 Å². The van der Waals surface area contributed by atoms with Crippen molar-refractivity contribution in [3.63, 3.8) is 0 Å². The number of carbonyl (C=O) groups excluding carboxylic acids is 1. The van der Waals surface area contributed by atoms with Gasteiger partial charge in [0.1, 0.15) is 0 Å². The lowest BCUT2D eigenvalue weighted by atomic mass is 9.88. The Morgan fingerprint density at radius 1 is 1.22 bits per heavy atom. The number of carbonyl (C=O) groups is 1. The number of hydrogen-bond donors (Lipinski definition) is 2. The summed E-state index contributed by atoms with van der Waals surface area (Å²) in [6, 6.07) is 6.12. The van der Waals surface area contributed by atoms with Crippen molar-refractivity contribution in [1.29, 1.82) is 0 Å². The van der Waals surface area contributed by atoms with Crippen LogP contribution in [0.25, 0.3) is 0 Å². The average molecular weight is 394 g/mol. The highest BCUT2D eigenvalue weighted by molar-refractivity contribution is 7.89. The quantitative estimate of drug-likeness (QED) is 0.525. The van der Waals surface area contributed by atoms with Gasteiger partial charge in [-0.2, -0.15) is 0 Å². The molecule has 0 aliphatic heterocycles. The Morgan fingerprint density at radius 2 is 1.89 bits per heavy atom. The smallest absolute Gasteiger partial charge is 0.251 e. The number of amides is 1. The van der Waals surface area contributed by atoms with Gasteiger partial charge in [0.25, 0.3) is 5.91 Å². The second kappa shape index (κ2) is 9.48. The molecule has 6 nitrogen and oxygen atoms in total. The van der Waals surface area contributed by atoms with Crippen molar-refractivity contribution in [2.75, 3.05) is 27.2 Å². The summed E-state index contributed by atoms with van der Waals surface area (Å²) in [7, 11) is 0.477. The lowest BCUT2D eigenvalue weighted by molar-refractivity contribution is 0.0869. The second-order valence-corrected chi connectivity index (χ2v) is 9.15. The maximum absolute atomic E-state index is 12.7. The summed E-state index contributed by atoms with van der Waals surface area (Å²) in [6.45, 7) is 4.21. The zero-order valence-electron chi connectivity index (χ0n) is 16.3. The third-order valence-corrected chi connectivity index (χ3v) is 6.81. The summed E-state index contributed by atoms with van der Waals surface area (Å²) in [5.74, 6) is -0.249. The maximum Gasteiger partial charge on any atom is 0.251 e. The molecule has 2 rings (SSSR count). The van der Waals surface area contributed by atoms with E-state index in [2.05, 4.69) is 35.6 Å². The summed E-state index contributed by atoms with van der Waals surface area (Å²) in [5.41, 5.74) is 0.306. The molecule has 0 aromatic heterocycles. The number of benzene rings is 1. The Labute approximate surface area is 163 Å². The van der Waals surface area contributed by atoms with Crippen molar-refractivity contribution in [1.82, 2.24) is 14.9 Å². The molecule has 27 heavy (non-hydrogen) atoms. The van der Waals surface area contributed by atoms with Crippen LogP contribution in [0.15, 0.2) is 41.8 Å². The van der Waals surface area contributed by atoms with Crippen molar-refractivity contribution < 1.29 is 13.2 Å². The molecule has 1 aliphatic carbocycles. The molecule has 0 atom stereocenters. The Bertz CT molecular complexity index is 751. The molecule has 1 fully saturated rings. The molecule has 0 heterocycles. The summed E-state index contributed by atoms with van der Waals surface area (Å²) >= 11 is 0. The second-order valence-electron chi connectivity index (χ2n) is 7.38. The van der Waals surface area contributed by atoms with Gasteiger partial charge in [0.15, 0.2) is 0 Å². The predicted molar refractivity (Wildman–Crippen MR) is 108 cm³/mol. The Kier molecular flexibility index (Phi) is 7.59. The zero-order valence-corrected chi connectivity index (χ0v) is 17.1. The standard InChI is InChI=1S/C20H31N3O3S/c1-4-14-22-27(25,26)18-11-9-10-17(15-18)19(24)21-16-20(23(2)3)12-7-5-6-8-13-20/h4,9-11,15,22H,1,5-8,12-14,16H2,2-3H3,(H,21,24). The van der Waals surface area contributed by atoms with Gasteiger partial charge < -0.3 is 10.2 Å². The van der Waals surface area contributed by atoms with Crippen molar-refractivity contribution in [2.24, 2.45) is 0 Å². The lowest BCUT2D eigenvalue weighted by Gasteiger charge is -2.39. The molecular formula is C20H31N3O3S. The summed E-state index contributed by atoms with van der Waals surface area (Å²) in [6.07, 6.45) is 8.39. The molecule has 0 bridgehead atoms. The molecule has 0 spiro atoms. The maximum atomic E-state index is 12.7. The number of hydrogen-bond acceptors (Lipinski definition) is 4. The highest BCUT2D eigenvalue weighted by atomic mass is 32.2. The van der Waals surface area contributed by atoms with E-state index in [1.54, 1.807) is 12.1 Å². The van der Waals surface area contributed by atoms with Crippen LogP contribution in [-0.4, -0.2) is 51.9 Å². The van der Waals surface area contributed by atoms with Crippen molar-refractivity contribution >= 4 is 15.9 Å². The van der Waals surface area contributed by atoms with Crippen molar-refractivity contribution in [3.8, 4) is 0 Å². The fraction of sp³-hybridized carbons (Fsp3) is 0.550. The van der Waals surface area contributed by atoms with Crippen LogP contribution < -0.4 is 10.0 Å². The summed E-state index contributed by atoms with van der Waals surface area (Å²) < 4.78 is 26.9. The molecular weight excluding hydrogens is 362 g/mol. The highest BCUT2D eigenvalue weighted by Gasteiger charge is 2.33. The molecule has 0 unspecified atom stereocenters. The Hall–Kier alpha value is -1.70. The first-order valence-electron chi connectivity index (χ1n) is 9.47. The van der Waals surface area contributed by atoms with E-state index < -0.39 is 10.0 Å². The van der Waals surface area contributed by atoms with Crippen LogP contribution in [0.5, 0.6) is 0 Å².